The highest BCUT2D eigenvalue weighted by Crippen LogP contribution is 2.26. The molecule has 3 N–H and O–H groups in total. The molecule has 1 aromatic heterocycles. The molecule has 25 heavy (non-hydrogen) atoms. The molecule has 2 aromatic rings. The number of rotatable bonds is 5. The Bertz CT molecular complexity index is 797. The zero-order chi connectivity index (χ0) is 17.2. The lowest BCUT2D eigenvalue weighted by Gasteiger charge is -2.16. The summed E-state index contributed by atoms with van der Waals surface area (Å²) in [4.78, 5) is 14.0. The van der Waals surface area contributed by atoms with E-state index in [1.807, 2.05) is 30.3 Å². The van der Waals surface area contributed by atoms with Crippen molar-refractivity contribution in [3.05, 3.63) is 53.4 Å². The Labute approximate surface area is 157 Å². The van der Waals surface area contributed by atoms with Gasteiger partial charge in [0.25, 0.3) is 10.0 Å². The first-order valence-corrected chi connectivity index (χ1v) is 9.95. The third-order valence-electron chi connectivity index (χ3n) is 4.12. The van der Waals surface area contributed by atoms with Gasteiger partial charge in [-0.3, -0.25) is 4.79 Å². The van der Waals surface area contributed by atoms with Crippen molar-refractivity contribution in [1.29, 1.82) is 0 Å². The monoisotopic (exact) mass is 401 g/mol. The first kappa shape index (κ1) is 19.9. The maximum absolute atomic E-state index is 12.3. The minimum atomic E-state index is -3.63. The summed E-state index contributed by atoms with van der Waals surface area (Å²) >= 11 is 1.12. The highest BCUT2D eigenvalue weighted by molar-refractivity contribution is 7.91. The van der Waals surface area contributed by atoms with Gasteiger partial charge in [0, 0.05) is 25.0 Å². The first-order valence-electron chi connectivity index (χ1n) is 7.59. The van der Waals surface area contributed by atoms with E-state index < -0.39 is 10.0 Å². The molecule has 1 saturated heterocycles. The molecule has 1 aliphatic rings. The smallest absolute Gasteiger partial charge is 0.250 e. The molecule has 0 radical (unpaired) electrons. The Hall–Kier alpha value is -1.45. The van der Waals surface area contributed by atoms with E-state index >= 15 is 0 Å². The predicted octanol–water partition coefficient (Wildman–Crippen LogP) is 1.40. The predicted molar refractivity (Wildman–Crippen MR) is 100 cm³/mol. The zero-order valence-electron chi connectivity index (χ0n) is 13.4. The molecule has 6 nitrogen and oxygen atoms in total. The molecule has 1 aromatic carbocycles. The minimum absolute atomic E-state index is 0. The largest absolute Gasteiger partial charge is 0.339 e. The number of benzene rings is 1. The molecule has 0 spiro atoms. The molecule has 1 amide bonds. The second-order valence-electron chi connectivity index (χ2n) is 5.74. The molecule has 1 fully saturated rings. The van der Waals surface area contributed by atoms with Crippen LogP contribution in [0.4, 0.5) is 0 Å². The Kier molecular flexibility index (Phi) is 6.59. The van der Waals surface area contributed by atoms with Gasteiger partial charge < -0.3 is 10.6 Å². The van der Waals surface area contributed by atoms with Crippen molar-refractivity contribution in [2.24, 2.45) is 5.73 Å². The van der Waals surface area contributed by atoms with Crippen LogP contribution in [0.1, 0.15) is 11.5 Å². The average molecular weight is 402 g/mol. The fourth-order valence-corrected chi connectivity index (χ4v) is 4.85. The van der Waals surface area contributed by atoms with Crippen molar-refractivity contribution < 1.29 is 13.2 Å². The molecule has 3 rings (SSSR count). The normalized spacial score (nSPS) is 20.3. The Morgan fingerprint density at radius 2 is 1.92 bits per heavy atom. The van der Waals surface area contributed by atoms with Crippen LogP contribution in [0.25, 0.3) is 0 Å². The van der Waals surface area contributed by atoms with Gasteiger partial charge in [0.2, 0.25) is 5.91 Å². The molecule has 2 atom stereocenters. The third kappa shape index (κ3) is 4.59. The summed E-state index contributed by atoms with van der Waals surface area (Å²) in [6, 6.07) is 12.8. The lowest BCUT2D eigenvalue weighted by molar-refractivity contribution is -0.128. The van der Waals surface area contributed by atoms with Crippen LogP contribution >= 0.6 is 23.7 Å². The van der Waals surface area contributed by atoms with Crippen LogP contribution in [0.3, 0.4) is 0 Å². The zero-order valence-corrected chi connectivity index (χ0v) is 15.8. The Morgan fingerprint density at radius 1 is 1.20 bits per heavy atom. The van der Waals surface area contributed by atoms with Gasteiger partial charge in [-0.25, -0.2) is 13.1 Å². The van der Waals surface area contributed by atoms with Crippen LogP contribution < -0.4 is 10.5 Å². The number of nitrogens with one attached hydrogen (secondary N) is 1. The Morgan fingerprint density at radius 3 is 2.56 bits per heavy atom. The second kappa shape index (κ2) is 8.29. The molecular weight excluding hydrogens is 382 g/mol. The van der Waals surface area contributed by atoms with E-state index in [1.54, 1.807) is 16.3 Å². The maximum Gasteiger partial charge on any atom is 0.250 e. The number of likely N-dealkylation sites (tertiary alicyclic amines) is 1. The van der Waals surface area contributed by atoms with Crippen LogP contribution in [0, 0.1) is 0 Å². The van der Waals surface area contributed by atoms with E-state index in [2.05, 4.69) is 4.72 Å². The number of hydrogen-bond acceptors (Lipinski definition) is 5. The van der Waals surface area contributed by atoms with Crippen LogP contribution in [0.5, 0.6) is 0 Å². The molecule has 0 saturated carbocycles. The number of hydrogen-bond donors (Lipinski definition) is 2. The SMILES string of the molecule is Cl.N[C@@H]1CN(C(=O)CNS(=O)(=O)c2cccs2)C[C@H]1c1ccccc1. The van der Waals surface area contributed by atoms with E-state index in [0.717, 1.165) is 16.9 Å². The van der Waals surface area contributed by atoms with Gasteiger partial charge in [-0.15, -0.1) is 23.7 Å². The number of sulfonamides is 1. The summed E-state index contributed by atoms with van der Waals surface area (Å²) in [6.07, 6.45) is 0. The van der Waals surface area contributed by atoms with Gasteiger partial charge in [-0.1, -0.05) is 36.4 Å². The lowest BCUT2D eigenvalue weighted by Crippen LogP contribution is -2.39. The average Bonchev–Trinajstić information content (AvgIpc) is 3.23. The number of carbonyl (C=O) groups excluding carboxylic acids is 1. The number of amides is 1. The van der Waals surface area contributed by atoms with E-state index in [-0.39, 0.29) is 41.0 Å². The third-order valence-corrected chi connectivity index (χ3v) is 6.92. The molecule has 9 heteroatoms. The van der Waals surface area contributed by atoms with Gasteiger partial charge >= 0.3 is 0 Å². The van der Waals surface area contributed by atoms with Gasteiger partial charge in [0.05, 0.1) is 6.54 Å². The van der Waals surface area contributed by atoms with E-state index in [4.69, 9.17) is 5.73 Å². The number of halogens is 1. The highest BCUT2D eigenvalue weighted by atomic mass is 35.5. The first-order chi connectivity index (χ1) is 11.5. The topological polar surface area (TPSA) is 92.5 Å². The van der Waals surface area contributed by atoms with E-state index in [0.29, 0.717) is 13.1 Å². The standard InChI is InChI=1S/C16H19N3O3S2.ClH/c17-14-11-19(10-13(14)12-5-2-1-3-6-12)15(20)9-18-24(21,22)16-7-4-8-23-16;/h1-8,13-14,18H,9-11,17H2;1H/t13-,14+;/m0./s1. The number of carbonyl (C=O) groups is 1. The summed E-state index contributed by atoms with van der Waals surface area (Å²) in [7, 11) is -3.63. The van der Waals surface area contributed by atoms with E-state index in [1.165, 1.54) is 6.07 Å². The molecule has 1 aliphatic heterocycles. The van der Waals surface area contributed by atoms with Crippen molar-refractivity contribution in [1.82, 2.24) is 9.62 Å². The maximum atomic E-state index is 12.3. The van der Waals surface area contributed by atoms with Crippen LogP contribution in [-0.4, -0.2) is 44.9 Å². The number of nitrogens with zero attached hydrogens (tertiary/aromatic N) is 1. The Balaban J connectivity index is 0.00000225. The molecule has 0 bridgehead atoms. The molecule has 2 heterocycles. The highest BCUT2D eigenvalue weighted by Gasteiger charge is 2.34. The van der Waals surface area contributed by atoms with Gasteiger partial charge in [0.15, 0.2) is 0 Å². The van der Waals surface area contributed by atoms with Gasteiger partial charge in [-0.05, 0) is 17.0 Å². The van der Waals surface area contributed by atoms with Crippen molar-refractivity contribution in [3.8, 4) is 0 Å². The minimum Gasteiger partial charge on any atom is -0.339 e. The van der Waals surface area contributed by atoms with Crippen LogP contribution in [0.2, 0.25) is 0 Å². The summed E-state index contributed by atoms with van der Waals surface area (Å²) in [5, 5.41) is 1.68. The second-order valence-corrected chi connectivity index (χ2v) is 8.68. The summed E-state index contributed by atoms with van der Waals surface area (Å²) in [5.74, 6) is -0.187. The fraction of sp³-hybridized carbons (Fsp3) is 0.312. The van der Waals surface area contributed by atoms with Gasteiger partial charge in [0.1, 0.15) is 4.21 Å². The summed E-state index contributed by atoms with van der Waals surface area (Å²) in [6.45, 7) is 0.679. The molecule has 136 valence electrons. The van der Waals surface area contributed by atoms with Gasteiger partial charge in [-0.2, -0.15) is 0 Å². The lowest BCUT2D eigenvalue weighted by atomic mass is 9.95. The summed E-state index contributed by atoms with van der Waals surface area (Å²) < 4.78 is 26.7. The van der Waals surface area contributed by atoms with Crippen LogP contribution in [-0.2, 0) is 14.8 Å². The van der Waals surface area contributed by atoms with Crippen molar-refractivity contribution in [2.45, 2.75) is 16.2 Å². The quantitative estimate of drug-likeness (QED) is 0.792. The number of nitrogens with two attached hydrogens (primary N) is 1. The summed E-state index contributed by atoms with van der Waals surface area (Å²) in [5.41, 5.74) is 7.26. The van der Waals surface area contributed by atoms with Crippen molar-refractivity contribution in [3.63, 3.8) is 0 Å². The van der Waals surface area contributed by atoms with Crippen LogP contribution in [0.15, 0.2) is 52.1 Å². The molecule has 0 unspecified atom stereocenters. The number of thiophene rings is 1. The fourth-order valence-electron chi connectivity index (χ4n) is 2.84. The van der Waals surface area contributed by atoms with Crippen molar-refractivity contribution >= 4 is 39.7 Å². The van der Waals surface area contributed by atoms with Crippen molar-refractivity contribution in [2.75, 3.05) is 19.6 Å². The molecular formula is C16H20ClN3O3S2. The van der Waals surface area contributed by atoms with E-state index in [9.17, 15) is 13.2 Å². The molecule has 0 aliphatic carbocycles.